The van der Waals surface area contributed by atoms with E-state index < -0.39 is 0 Å². The molecule has 0 N–H and O–H groups in total. The van der Waals surface area contributed by atoms with E-state index >= 15 is 0 Å². The Morgan fingerprint density at radius 1 is 1.55 bits per heavy atom. The first-order chi connectivity index (χ1) is 5.27. The van der Waals surface area contributed by atoms with Crippen molar-refractivity contribution in [3.63, 3.8) is 0 Å². The van der Waals surface area contributed by atoms with E-state index in [1.807, 2.05) is 0 Å². The van der Waals surface area contributed by atoms with Crippen molar-refractivity contribution in [2.75, 3.05) is 0 Å². The van der Waals surface area contributed by atoms with Gasteiger partial charge in [-0.15, -0.1) is 11.3 Å². The van der Waals surface area contributed by atoms with Crippen LogP contribution in [0.2, 0.25) is 0 Å². The van der Waals surface area contributed by atoms with Crippen molar-refractivity contribution in [2.24, 2.45) is 0 Å². The molecule has 0 atom stereocenters. The summed E-state index contributed by atoms with van der Waals surface area (Å²) in [7, 11) is 0. The number of carbonyl (C=O) groups excluding carboxylic acids is 1. The molecular weight excluding hydrogens is 163 g/mol. The lowest BCUT2D eigenvalue weighted by Crippen LogP contribution is -2.25. The maximum Gasteiger partial charge on any atom is 0.163 e. The van der Waals surface area contributed by atoms with Crippen LogP contribution in [0.3, 0.4) is 0 Å². The zero-order valence-electron chi connectivity index (χ0n) is 5.63. The molecule has 1 nitrogen and oxygen atoms in total. The van der Waals surface area contributed by atoms with Gasteiger partial charge in [0.15, 0.2) is 5.78 Å². The molecule has 56 valence electrons. The molecule has 1 aliphatic rings. The molecule has 0 saturated carbocycles. The summed E-state index contributed by atoms with van der Waals surface area (Å²) in [4.78, 5) is 10.8. The van der Waals surface area contributed by atoms with Gasteiger partial charge >= 0.3 is 0 Å². The van der Waals surface area contributed by atoms with Crippen LogP contribution in [0, 0.1) is 0 Å². The molecule has 0 aromatic carbocycles. The van der Waals surface area contributed by atoms with E-state index in [0.717, 1.165) is 5.22 Å². The van der Waals surface area contributed by atoms with Gasteiger partial charge in [0.25, 0.3) is 0 Å². The normalized spacial score (nSPS) is 16.1. The average molecular weight is 168 g/mol. The first-order valence-corrected chi connectivity index (χ1v) is 4.12. The third kappa shape index (κ3) is 1.01. The van der Waals surface area contributed by atoms with Crippen molar-refractivity contribution in [3.05, 3.63) is 21.2 Å². The minimum absolute atomic E-state index is 0.0620. The summed E-state index contributed by atoms with van der Waals surface area (Å²) in [6.07, 6.45) is 1.43. The van der Waals surface area contributed by atoms with Gasteiger partial charge in [0.05, 0.1) is 11.0 Å². The van der Waals surface area contributed by atoms with Crippen molar-refractivity contribution in [2.45, 2.75) is 6.42 Å². The van der Waals surface area contributed by atoms with Crippen LogP contribution in [0.5, 0.6) is 0 Å². The molecule has 0 fully saturated rings. The van der Waals surface area contributed by atoms with Gasteiger partial charge in [-0.1, -0.05) is 0 Å². The Morgan fingerprint density at radius 2 is 2.36 bits per heavy atom. The fourth-order valence-corrected chi connectivity index (χ4v) is 1.92. The van der Waals surface area contributed by atoms with E-state index in [2.05, 4.69) is 0 Å². The number of rotatable bonds is 0. The number of hydrogen-bond acceptors (Lipinski definition) is 2. The second-order valence-electron chi connectivity index (χ2n) is 2.40. The molecular formula is C8H5FOS. The van der Waals surface area contributed by atoms with E-state index in [-0.39, 0.29) is 18.0 Å². The fraction of sp³-hybridized carbons (Fsp3) is 0.125. The highest BCUT2D eigenvalue weighted by Gasteiger charge is 2.10. The van der Waals surface area contributed by atoms with Gasteiger partial charge in [-0.2, -0.15) is 0 Å². The molecule has 1 aromatic rings. The third-order valence-electron chi connectivity index (χ3n) is 1.59. The highest BCUT2D eigenvalue weighted by Crippen LogP contribution is 2.06. The quantitative estimate of drug-likeness (QED) is 0.553. The average Bonchev–Trinajstić information content (AvgIpc) is 2.34. The summed E-state index contributed by atoms with van der Waals surface area (Å²) in [6, 6.07) is 1.76. The van der Waals surface area contributed by atoms with Crippen LogP contribution < -0.4 is 9.75 Å². The van der Waals surface area contributed by atoms with Crippen LogP contribution in [-0.2, 0) is 4.79 Å². The number of Topliss-reactive ketones (excluding diaryl/α,β-unsaturated/α-hetero) is 1. The van der Waals surface area contributed by atoms with Crippen LogP contribution in [0.15, 0.2) is 11.4 Å². The van der Waals surface area contributed by atoms with Crippen molar-refractivity contribution in [1.82, 2.24) is 0 Å². The molecule has 0 amide bonds. The first-order valence-electron chi connectivity index (χ1n) is 3.24. The Kier molecular flexibility index (Phi) is 1.39. The minimum atomic E-state index is -0.289. The number of carbonyl (C=O) groups is 1. The standard InChI is InChI=1S/C8H5FOS/c9-7-4-6(10)3-5-1-2-11-8(5)7/h1-3H,4H2. The molecule has 0 bridgehead atoms. The lowest BCUT2D eigenvalue weighted by atomic mass is 10.1. The number of hydrogen-bond donors (Lipinski definition) is 0. The summed E-state index contributed by atoms with van der Waals surface area (Å²) < 4.78 is 13.6. The van der Waals surface area contributed by atoms with Gasteiger partial charge in [-0.25, -0.2) is 4.39 Å². The van der Waals surface area contributed by atoms with Crippen LogP contribution >= 0.6 is 11.3 Å². The second-order valence-corrected chi connectivity index (χ2v) is 3.31. The summed E-state index contributed by atoms with van der Waals surface area (Å²) in [5, 5.41) is 2.52. The maximum atomic E-state index is 12.9. The molecule has 3 heteroatoms. The molecule has 1 heterocycles. The summed E-state index contributed by atoms with van der Waals surface area (Å²) in [5.41, 5.74) is 0. The molecule has 0 spiro atoms. The molecule has 0 radical (unpaired) electrons. The lowest BCUT2D eigenvalue weighted by Gasteiger charge is -1.96. The van der Waals surface area contributed by atoms with Gasteiger partial charge in [0.2, 0.25) is 0 Å². The van der Waals surface area contributed by atoms with Gasteiger partial charge in [0, 0.05) is 0 Å². The summed E-state index contributed by atoms with van der Waals surface area (Å²) in [5.74, 6) is -0.434. The predicted octanol–water partition coefficient (Wildman–Crippen LogP) is 0.579. The molecule has 11 heavy (non-hydrogen) atoms. The van der Waals surface area contributed by atoms with E-state index in [4.69, 9.17) is 0 Å². The van der Waals surface area contributed by atoms with Crippen molar-refractivity contribution in [1.29, 1.82) is 0 Å². The summed E-state index contributed by atoms with van der Waals surface area (Å²) in [6.45, 7) is 0. The first kappa shape index (κ1) is 6.73. The molecule has 0 saturated heterocycles. The monoisotopic (exact) mass is 168 g/mol. The molecule has 1 aromatic heterocycles. The van der Waals surface area contributed by atoms with Crippen LogP contribution in [0.4, 0.5) is 4.39 Å². The Morgan fingerprint density at radius 3 is 3.18 bits per heavy atom. The molecule has 0 unspecified atom stereocenters. The predicted molar refractivity (Wildman–Crippen MR) is 42.2 cm³/mol. The van der Waals surface area contributed by atoms with Crippen molar-refractivity contribution >= 4 is 29.0 Å². The van der Waals surface area contributed by atoms with E-state index in [0.29, 0.717) is 4.53 Å². The second kappa shape index (κ2) is 2.27. The number of fused-ring (bicyclic) bond motifs is 1. The van der Waals surface area contributed by atoms with Gasteiger partial charge in [-0.3, -0.25) is 4.79 Å². The summed E-state index contributed by atoms with van der Waals surface area (Å²) >= 11 is 1.34. The molecule has 1 aliphatic carbocycles. The van der Waals surface area contributed by atoms with Crippen molar-refractivity contribution in [3.8, 4) is 0 Å². The topological polar surface area (TPSA) is 17.1 Å². The largest absolute Gasteiger partial charge is 0.294 e. The Balaban J connectivity index is 2.90. The molecule has 2 rings (SSSR count). The highest BCUT2D eigenvalue weighted by atomic mass is 32.1. The van der Waals surface area contributed by atoms with E-state index in [1.165, 1.54) is 17.4 Å². The minimum Gasteiger partial charge on any atom is -0.294 e. The number of thiophene rings is 1. The van der Waals surface area contributed by atoms with E-state index in [1.54, 1.807) is 11.4 Å². The van der Waals surface area contributed by atoms with Crippen molar-refractivity contribution < 1.29 is 9.18 Å². The van der Waals surface area contributed by atoms with Crippen LogP contribution in [0.25, 0.3) is 11.9 Å². The smallest absolute Gasteiger partial charge is 0.163 e. The fourth-order valence-electron chi connectivity index (χ4n) is 1.11. The van der Waals surface area contributed by atoms with E-state index in [9.17, 15) is 9.18 Å². The number of halogens is 1. The Labute approximate surface area is 66.5 Å². The molecule has 0 aliphatic heterocycles. The maximum absolute atomic E-state index is 12.9. The lowest BCUT2D eigenvalue weighted by molar-refractivity contribution is -0.112. The van der Waals surface area contributed by atoms with Crippen LogP contribution in [-0.4, -0.2) is 5.78 Å². The van der Waals surface area contributed by atoms with Gasteiger partial charge in [-0.05, 0) is 22.7 Å². The van der Waals surface area contributed by atoms with Crippen LogP contribution in [0.1, 0.15) is 6.42 Å². The zero-order chi connectivity index (χ0) is 7.84. The number of ketones is 1. The Bertz CT molecular complexity index is 416. The highest BCUT2D eigenvalue weighted by molar-refractivity contribution is 7.07. The van der Waals surface area contributed by atoms with Gasteiger partial charge in [0.1, 0.15) is 5.83 Å². The SMILES string of the molecule is O=C1C=c2ccsc2=C(F)C1. The Hall–Kier alpha value is -0.960. The zero-order valence-corrected chi connectivity index (χ0v) is 6.45. The van der Waals surface area contributed by atoms with Gasteiger partial charge < -0.3 is 0 Å². The third-order valence-corrected chi connectivity index (χ3v) is 2.55.